The Kier molecular flexibility index (Phi) is 10.4. The third-order valence-corrected chi connectivity index (χ3v) is 11.7. The monoisotopic (exact) mass is 582 g/mol. The van der Waals surface area contributed by atoms with Gasteiger partial charge in [0, 0.05) is 5.02 Å². The SMILES string of the molecule is CC(C)(C)[Si](C)(C)O[C@@H](C(=O)[C@H](COC(=O)c1ccccc1)OC(=O)c1ccccc1)[C@H](O)c1ccc(Cl)cc1. The molecule has 9 heteroatoms. The molecule has 7 nitrogen and oxygen atoms in total. The molecule has 3 aromatic rings. The second kappa shape index (κ2) is 13.4. The van der Waals surface area contributed by atoms with Crippen molar-refractivity contribution in [2.75, 3.05) is 6.61 Å². The average Bonchev–Trinajstić information content (AvgIpc) is 2.93. The zero-order chi connectivity index (χ0) is 29.5. The summed E-state index contributed by atoms with van der Waals surface area (Å²) in [4.78, 5) is 39.8. The summed E-state index contributed by atoms with van der Waals surface area (Å²) in [6, 6.07) is 22.8. The van der Waals surface area contributed by atoms with Crippen LogP contribution in [0.3, 0.4) is 0 Å². The van der Waals surface area contributed by atoms with E-state index >= 15 is 0 Å². The van der Waals surface area contributed by atoms with E-state index in [4.69, 9.17) is 25.5 Å². The predicted molar refractivity (Wildman–Crippen MR) is 156 cm³/mol. The van der Waals surface area contributed by atoms with Crippen molar-refractivity contribution in [2.24, 2.45) is 0 Å². The number of halogens is 1. The summed E-state index contributed by atoms with van der Waals surface area (Å²) in [6.07, 6.45) is -4.36. The Bertz CT molecular complexity index is 1290. The van der Waals surface area contributed by atoms with Crippen molar-refractivity contribution in [1.29, 1.82) is 0 Å². The molecule has 0 amide bonds. The van der Waals surface area contributed by atoms with Gasteiger partial charge in [-0.25, -0.2) is 9.59 Å². The highest BCUT2D eigenvalue weighted by atomic mass is 35.5. The van der Waals surface area contributed by atoms with Crippen LogP contribution in [-0.4, -0.2) is 50.0 Å². The van der Waals surface area contributed by atoms with Crippen molar-refractivity contribution in [3.05, 3.63) is 107 Å². The summed E-state index contributed by atoms with van der Waals surface area (Å²) in [5.74, 6) is -2.19. The number of ketones is 1. The number of hydrogen-bond donors (Lipinski definition) is 1. The van der Waals surface area contributed by atoms with Gasteiger partial charge < -0.3 is 19.0 Å². The molecule has 3 atom stereocenters. The van der Waals surface area contributed by atoms with Gasteiger partial charge in [-0.15, -0.1) is 0 Å². The van der Waals surface area contributed by atoms with Gasteiger partial charge in [-0.1, -0.05) is 80.9 Å². The minimum absolute atomic E-state index is 0.217. The zero-order valence-corrected chi connectivity index (χ0v) is 25.1. The first-order valence-corrected chi connectivity index (χ1v) is 16.2. The Hall–Kier alpha value is -3.30. The highest BCUT2D eigenvalue weighted by Gasteiger charge is 2.45. The summed E-state index contributed by atoms with van der Waals surface area (Å²) in [5, 5.41) is 11.6. The fourth-order valence-electron chi connectivity index (χ4n) is 3.54. The van der Waals surface area contributed by atoms with Crippen molar-refractivity contribution < 1.29 is 33.4 Å². The van der Waals surface area contributed by atoms with Crippen LogP contribution in [0, 0.1) is 0 Å². The van der Waals surface area contributed by atoms with Gasteiger partial charge in [-0.3, -0.25) is 4.79 Å². The van der Waals surface area contributed by atoms with Crippen LogP contribution in [0.25, 0.3) is 0 Å². The first kappa shape index (κ1) is 31.2. The molecule has 0 saturated carbocycles. The fourth-order valence-corrected chi connectivity index (χ4v) is 4.90. The van der Waals surface area contributed by atoms with E-state index in [9.17, 15) is 19.5 Å². The molecule has 0 fully saturated rings. The standard InChI is InChI=1S/C31H35ClO7Si/c1-31(2,3)40(4,5)39-28(26(33)21-16-18-24(32)19-17-21)27(34)25(38-30(36)23-14-10-7-11-15-23)20-37-29(35)22-12-8-6-9-13-22/h6-19,25-26,28,33H,20H2,1-5H3/t25-,26+,28+/m0/s1. The number of carbonyl (C=O) groups is 3. The van der Waals surface area contributed by atoms with Crippen molar-refractivity contribution in [3.63, 3.8) is 0 Å². The number of esters is 2. The van der Waals surface area contributed by atoms with Crippen molar-refractivity contribution in [3.8, 4) is 0 Å². The molecule has 3 aromatic carbocycles. The summed E-state index contributed by atoms with van der Waals surface area (Å²) >= 11 is 6.03. The summed E-state index contributed by atoms with van der Waals surface area (Å²) in [7, 11) is -2.64. The van der Waals surface area contributed by atoms with Gasteiger partial charge in [-0.2, -0.15) is 0 Å². The molecule has 0 radical (unpaired) electrons. The molecule has 3 rings (SSSR count). The Morgan fingerprint density at radius 3 is 1.82 bits per heavy atom. The van der Waals surface area contributed by atoms with Gasteiger partial charge in [0.15, 0.2) is 14.4 Å². The summed E-state index contributed by atoms with van der Waals surface area (Å²) in [6.45, 7) is 9.35. The molecule has 0 saturated heterocycles. The number of ether oxygens (including phenoxy) is 2. The molecule has 0 spiro atoms. The van der Waals surface area contributed by atoms with Crippen LogP contribution in [0.4, 0.5) is 0 Å². The Balaban J connectivity index is 1.97. The molecule has 0 aliphatic heterocycles. The Morgan fingerprint density at radius 1 is 0.825 bits per heavy atom. The first-order valence-electron chi connectivity index (χ1n) is 12.9. The second-order valence-electron chi connectivity index (χ2n) is 10.9. The molecule has 0 aliphatic carbocycles. The van der Waals surface area contributed by atoms with Gasteiger partial charge in [0.1, 0.15) is 18.8 Å². The first-order chi connectivity index (χ1) is 18.8. The molecule has 0 heterocycles. The Labute approximate surface area is 241 Å². The van der Waals surface area contributed by atoms with E-state index in [1.807, 2.05) is 33.9 Å². The molecule has 212 valence electrons. The lowest BCUT2D eigenvalue weighted by Gasteiger charge is -2.40. The lowest BCUT2D eigenvalue weighted by Crippen LogP contribution is -2.51. The van der Waals surface area contributed by atoms with Crippen LogP contribution in [0.2, 0.25) is 23.2 Å². The molecule has 0 bridgehead atoms. The number of carbonyl (C=O) groups excluding carboxylic acids is 3. The minimum atomic E-state index is -2.64. The summed E-state index contributed by atoms with van der Waals surface area (Å²) < 4.78 is 17.5. The van der Waals surface area contributed by atoms with Crippen LogP contribution in [0.15, 0.2) is 84.9 Å². The maximum atomic E-state index is 14.1. The predicted octanol–water partition coefficient (Wildman–Crippen LogP) is 6.42. The van der Waals surface area contributed by atoms with Crippen LogP contribution in [0.1, 0.15) is 53.2 Å². The number of benzene rings is 3. The molecule has 1 N–H and O–H groups in total. The number of aliphatic hydroxyl groups is 1. The number of aliphatic hydroxyl groups excluding tert-OH is 1. The van der Waals surface area contributed by atoms with E-state index in [-0.39, 0.29) is 16.2 Å². The lowest BCUT2D eigenvalue weighted by atomic mass is 9.98. The molecule has 40 heavy (non-hydrogen) atoms. The van der Waals surface area contributed by atoms with E-state index in [0.717, 1.165) is 0 Å². The van der Waals surface area contributed by atoms with E-state index < -0.39 is 51.0 Å². The van der Waals surface area contributed by atoms with Gasteiger partial charge in [0.25, 0.3) is 0 Å². The van der Waals surface area contributed by atoms with Crippen molar-refractivity contribution in [1.82, 2.24) is 0 Å². The maximum absolute atomic E-state index is 14.1. The van der Waals surface area contributed by atoms with E-state index in [0.29, 0.717) is 10.6 Å². The average molecular weight is 583 g/mol. The number of hydrogen-bond acceptors (Lipinski definition) is 7. The van der Waals surface area contributed by atoms with Crippen molar-refractivity contribution in [2.45, 2.75) is 57.2 Å². The van der Waals surface area contributed by atoms with Gasteiger partial charge in [0.05, 0.1) is 11.1 Å². The molecule has 0 aliphatic rings. The second-order valence-corrected chi connectivity index (χ2v) is 16.1. The smallest absolute Gasteiger partial charge is 0.338 e. The molecule has 0 unspecified atom stereocenters. The topological polar surface area (TPSA) is 99.1 Å². The van der Waals surface area contributed by atoms with E-state index in [2.05, 4.69) is 0 Å². The minimum Gasteiger partial charge on any atom is -0.458 e. The normalized spacial score (nSPS) is 14.1. The van der Waals surface area contributed by atoms with Crippen LogP contribution in [0.5, 0.6) is 0 Å². The van der Waals surface area contributed by atoms with Crippen molar-refractivity contribution >= 4 is 37.6 Å². The van der Waals surface area contributed by atoms with Crippen LogP contribution < -0.4 is 0 Å². The largest absolute Gasteiger partial charge is 0.458 e. The van der Waals surface area contributed by atoms with E-state index in [1.165, 1.54) is 0 Å². The van der Waals surface area contributed by atoms with Crippen LogP contribution in [-0.2, 0) is 18.7 Å². The highest BCUT2D eigenvalue weighted by Crippen LogP contribution is 2.39. The lowest BCUT2D eigenvalue weighted by molar-refractivity contribution is -0.143. The third-order valence-electron chi connectivity index (χ3n) is 6.96. The zero-order valence-electron chi connectivity index (χ0n) is 23.3. The van der Waals surface area contributed by atoms with E-state index in [1.54, 1.807) is 84.9 Å². The molecular formula is C31H35ClO7Si. The highest BCUT2D eigenvalue weighted by molar-refractivity contribution is 6.74. The fraction of sp³-hybridized carbons (Fsp3) is 0.323. The number of Topliss-reactive ketones (excluding diaryl/α,β-unsaturated/α-hetero) is 1. The van der Waals surface area contributed by atoms with Crippen LogP contribution >= 0.6 is 11.6 Å². The molecule has 0 aromatic heterocycles. The van der Waals surface area contributed by atoms with Gasteiger partial charge in [-0.05, 0) is 60.1 Å². The summed E-state index contributed by atoms with van der Waals surface area (Å²) in [5.41, 5.74) is 0.893. The quantitative estimate of drug-likeness (QED) is 0.206. The maximum Gasteiger partial charge on any atom is 0.338 e. The third kappa shape index (κ3) is 8.11. The molecular weight excluding hydrogens is 548 g/mol. The number of rotatable bonds is 11. The Morgan fingerprint density at radius 2 is 1.32 bits per heavy atom. The van der Waals surface area contributed by atoms with Gasteiger partial charge in [0.2, 0.25) is 5.78 Å². The van der Waals surface area contributed by atoms with Gasteiger partial charge >= 0.3 is 11.9 Å².